The molecule has 1 fully saturated rings. The van der Waals surface area contributed by atoms with Crippen molar-refractivity contribution in [3.63, 3.8) is 0 Å². The zero-order valence-electron chi connectivity index (χ0n) is 15.8. The number of hydrogen-bond acceptors (Lipinski definition) is 3. The van der Waals surface area contributed by atoms with Crippen LogP contribution in [0.5, 0.6) is 0 Å². The topological polar surface area (TPSA) is 84.2 Å². The number of carbonyl (C=O) groups is 2. The minimum Gasteiger partial charge on any atom is -0.347 e. The van der Waals surface area contributed by atoms with E-state index in [1.807, 2.05) is 60.7 Å². The highest BCUT2D eigenvalue weighted by Crippen LogP contribution is 2.38. The third-order valence-electron chi connectivity index (χ3n) is 5.42. The van der Waals surface area contributed by atoms with Crippen LogP contribution in [-0.2, 0) is 9.59 Å². The van der Waals surface area contributed by atoms with Gasteiger partial charge in [0, 0.05) is 5.92 Å². The second-order valence-electron chi connectivity index (χ2n) is 7.46. The number of carbonyl (C=O) groups excluding carboxylic acids is 2. The van der Waals surface area contributed by atoms with Crippen LogP contribution in [0.2, 0.25) is 0 Å². The first kappa shape index (κ1) is 19.1. The van der Waals surface area contributed by atoms with Gasteiger partial charge in [-0.3, -0.25) is 9.59 Å². The van der Waals surface area contributed by atoms with E-state index in [1.54, 1.807) is 13.8 Å². The maximum atomic E-state index is 13.3. The van der Waals surface area contributed by atoms with E-state index in [-0.39, 0.29) is 23.8 Å². The van der Waals surface area contributed by atoms with Crippen LogP contribution >= 0.6 is 0 Å². The van der Waals surface area contributed by atoms with Crippen molar-refractivity contribution in [2.45, 2.75) is 50.2 Å². The Morgan fingerprint density at radius 3 is 2.19 bits per heavy atom. The van der Waals surface area contributed by atoms with E-state index < -0.39 is 11.6 Å². The summed E-state index contributed by atoms with van der Waals surface area (Å²) >= 11 is 0. The summed E-state index contributed by atoms with van der Waals surface area (Å²) in [5.41, 5.74) is 6.79. The quantitative estimate of drug-likeness (QED) is 0.779. The lowest BCUT2D eigenvalue weighted by Crippen LogP contribution is -2.61. The number of benzene rings is 2. The molecule has 0 unspecified atom stereocenters. The van der Waals surface area contributed by atoms with E-state index in [0.29, 0.717) is 0 Å². The normalized spacial score (nSPS) is 26.6. The first-order chi connectivity index (χ1) is 12.9. The van der Waals surface area contributed by atoms with Crippen LogP contribution in [0.25, 0.3) is 0 Å². The molecule has 4 atom stereocenters. The average molecular weight is 365 g/mol. The monoisotopic (exact) mass is 365 g/mol. The molecule has 1 saturated heterocycles. The Morgan fingerprint density at radius 2 is 1.63 bits per heavy atom. The molecule has 1 heterocycles. The summed E-state index contributed by atoms with van der Waals surface area (Å²) in [4.78, 5) is 25.7. The molecule has 2 aromatic carbocycles. The van der Waals surface area contributed by atoms with Crippen molar-refractivity contribution in [1.82, 2.24) is 10.6 Å². The molecular weight excluding hydrogens is 338 g/mol. The molecule has 0 bridgehead atoms. The maximum Gasteiger partial charge on any atom is 0.246 e. The van der Waals surface area contributed by atoms with Crippen molar-refractivity contribution in [2.24, 2.45) is 5.73 Å². The highest BCUT2D eigenvalue weighted by Gasteiger charge is 2.46. The Bertz CT molecular complexity index is 792. The summed E-state index contributed by atoms with van der Waals surface area (Å²) in [6.07, 6.45) is 1.55. The van der Waals surface area contributed by atoms with Gasteiger partial charge < -0.3 is 16.4 Å². The van der Waals surface area contributed by atoms with Gasteiger partial charge in [-0.1, -0.05) is 60.7 Å². The zero-order chi connectivity index (χ0) is 19.4. The minimum absolute atomic E-state index is 0.0843. The van der Waals surface area contributed by atoms with Crippen molar-refractivity contribution < 1.29 is 9.59 Å². The van der Waals surface area contributed by atoms with E-state index in [9.17, 15) is 9.59 Å². The fourth-order valence-electron chi connectivity index (χ4n) is 3.79. The van der Waals surface area contributed by atoms with Crippen molar-refractivity contribution in [2.75, 3.05) is 0 Å². The highest BCUT2D eigenvalue weighted by atomic mass is 16.2. The maximum absolute atomic E-state index is 13.3. The fraction of sp³-hybridized carbons (Fsp3) is 0.364. The lowest BCUT2D eigenvalue weighted by Gasteiger charge is -2.36. The summed E-state index contributed by atoms with van der Waals surface area (Å²) in [5, 5.41) is 6.06. The molecule has 27 heavy (non-hydrogen) atoms. The SMILES string of the molecule is C[C@H](N)C(=O)N[C@]1(C)C(=O)N[C@@H](c2ccccc2)CC[C@@H]1c1ccccc1. The molecule has 3 rings (SSSR count). The van der Waals surface area contributed by atoms with Crippen molar-refractivity contribution in [3.05, 3.63) is 71.8 Å². The van der Waals surface area contributed by atoms with Gasteiger partial charge >= 0.3 is 0 Å². The zero-order valence-corrected chi connectivity index (χ0v) is 15.8. The highest BCUT2D eigenvalue weighted by molar-refractivity contribution is 5.94. The lowest BCUT2D eigenvalue weighted by molar-refractivity contribution is -0.134. The molecule has 2 amide bonds. The molecular formula is C22H27N3O2. The number of nitrogens with two attached hydrogens (primary N) is 1. The van der Waals surface area contributed by atoms with Gasteiger partial charge in [0.25, 0.3) is 0 Å². The smallest absolute Gasteiger partial charge is 0.246 e. The number of nitrogens with one attached hydrogen (secondary N) is 2. The van der Waals surface area contributed by atoms with Gasteiger partial charge in [0.1, 0.15) is 5.54 Å². The second kappa shape index (κ2) is 7.92. The molecule has 142 valence electrons. The number of amides is 2. The van der Waals surface area contributed by atoms with E-state index >= 15 is 0 Å². The Morgan fingerprint density at radius 1 is 1.07 bits per heavy atom. The van der Waals surface area contributed by atoms with Crippen molar-refractivity contribution in [3.8, 4) is 0 Å². The molecule has 4 N–H and O–H groups in total. The standard InChI is InChI=1S/C22H27N3O2/c1-15(23)20(26)25-22(2)18(16-9-5-3-6-10-16)13-14-19(24-21(22)27)17-11-7-4-8-12-17/h3-12,15,18-19H,13-14,23H2,1-2H3,(H,24,27)(H,25,26)/t15-,18+,19+,22-/m0/s1. The Balaban J connectivity index is 1.98. The van der Waals surface area contributed by atoms with Gasteiger partial charge in [-0.2, -0.15) is 0 Å². The van der Waals surface area contributed by atoms with Crippen molar-refractivity contribution in [1.29, 1.82) is 0 Å². The van der Waals surface area contributed by atoms with Gasteiger partial charge in [-0.15, -0.1) is 0 Å². The van der Waals surface area contributed by atoms with Crippen LogP contribution in [-0.4, -0.2) is 23.4 Å². The second-order valence-corrected chi connectivity index (χ2v) is 7.46. The summed E-state index contributed by atoms with van der Waals surface area (Å²) < 4.78 is 0. The Hall–Kier alpha value is -2.66. The largest absolute Gasteiger partial charge is 0.347 e. The summed E-state index contributed by atoms with van der Waals surface area (Å²) in [6.45, 7) is 3.42. The Labute approximate surface area is 160 Å². The predicted octanol–water partition coefficient (Wildman–Crippen LogP) is 2.64. The average Bonchev–Trinajstić information content (AvgIpc) is 2.80. The van der Waals surface area contributed by atoms with Gasteiger partial charge in [0.2, 0.25) is 11.8 Å². The van der Waals surface area contributed by atoms with E-state index in [2.05, 4.69) is 10.6 Å². The van der Waals surface area contributed by atoms with Crippen LogP contribution in [0.3, 0.4) is 0 Å². The van der Waals surface area contributed by atoms with Crippen molar-refractivity contribution >= 4 is 11.8 Å². The number of rotatable bonds is 4. The molecule has 1 aliphatic rings. The molecule has 0 aromatic heterocycles. The van der Waals surface area contributed by atoms with Gasteiger partial charge in [0.05, 0.1) is 12.1 Å². The molecule has 0 radical (unpaired) electrons. The van der Waals surface area contributed by atoms with Gasteiger partial charge in [0.15, 0.2) is 0 Å². The predicted molar refractivity (Wildman–Crippen MR) is 106 cm³/mol. The number of hydrogen-bond donors (Lipinski definition) is 3. The summed E-state index contributed by atoms with van der Waals surface area (Å²) in [5.74, 6) is -0.654. The van der Waals surface area contributed by atoms with Crippen LogP contribution in [0.4, 0.5) is 0 Å². The van der Waals surface area contributed by atoms with Gasteiger partial charge in [-0.05, 0) is 37.8 Å². The molecule has 5 heteroatoms. The van der Waals surface area contributed by atoms with Crippen LogP contribution in [0.15, 0.2) is 60.7 Å². The molecule has 5 nitrogen and oxygen atoms in total. The molecule has 0 aliphatic carbocycles. The fourth-order valence-corrected chi connectivity index (χ4v) is 3.79. The third kappa shape index (κ3) is 4.03. The van der Waals surface area contributed by atoms with E-state index in [1.165, 1.54) is 0 Å². The van der Waals surface area contributed by atoms with E-state index in [4.69, 9.17) is 5.73 Å². The summed E-state index contributed by atoms with van der Waals surface area (Å²) in [6, 6.07) is 19.1. The first-order valence-electron chi connectivity index (χ1n) is 9.40. The van der Waals surface area contributed by atoms with E-state index in [0.717, 1.165) is 24.0 Å². The summed E-state index contributed by atoms with van der Waals surface area (Å²) in [7, 11) is 0. The third-order valence-corrected chi connectivity index (χ3v) is 5.42. The molecule has 2 aromatic rings. The molecule has 0 spiro atoms. The van der Waals surface area contributed by atoms with Gasteiger partial charge in [-0.25, -0.2) is 0 Å². The van der Waals surface area contributed by atoms with Crippen LogP contribution < -0.4 is 16.4 Å². The minimum atomic E-state index is -1.07. The lowest BCUT2D eigenvalue weighted by atomic mass is 9.77. The first-order valence-corrected chi connectivity index (χ1v) is 9.40. The molecule has 0 saturated carbocycles. The Kier molecular flexibility index (Phi) is 5.61. The molecule has 1 aliphatic heterocycles. The van der Waals surface area contributed by atoms with Crippen LogP contribution in [0.1, 0.15) is 49.8 Å². The van der Waals surface area contributed by atoms with Crippen LogP contribution in [0, 0.1) is 0 Å².